The van der Waals surface area contributed by atoms with Gasteiger partial charge in [0.2, 0.25) is 0 Å². The number of pyridine rings is 1. The largest absolute Gasteiger partial charge is 0.478 e. The molecule has 0 aliphatic carbocycles. The summed E-state index contributed by atoms with van der Waals surface area (Å²) < 4.78 is 0. The maximum Gasteiger partial charge on any atom is 0.335 e. The predicted molar refractivity (Wildman–Crippen MR) is 81.7 cm³/mol. The number of benzene rings is 2. The van der Waals surface area contributed by atoms with Crippen LogP contribution in [-0.2, 0) is 0 Å². The Morgan fingerprint density at radius 1 is 1.10 bits per heavy atom. The van der Waals surface area contributed by atoms with Gasteiger partial charge in [-0.3, -0.25) is 4.79 Å². The first-order chi connectivity index (χ1) is 10.1. The molecule has 0 radical (unpaired) electrons. The number of aryl methyl sites for hydroxylation is 1. The summed E-state index contributed by atoms with van der Waals surface area (Å²) in [6.07, 6.45) is 0. The number of aromatic nitrogens is 1. The average Bonchev–Trinajstić information content (AvgIpc) is 2.47. The Hall–Kier alpha value is -2.88. The molecule has 1 aromatic heterocycles. The molecule has 0 saturated carbocycles. The lowest BCUT2D eigenvalue weighted by atomic mass is 9.97. The van der Waals surface area contributed by atoms with E-state index >= 15 is 0 Å². The van der Waals surface area contributed by atoms with Crippen molar-refractivity contribution in [3.8, 4) is 11.1 Å². The highest BCUT2D eigenvalue weighted by Crippen LogP contribution is 2.25. The monoisotopic (exact) mass is 279 g/mol. The fraction of sp³-hybridized carbons (Fsp3) is 0.0588. The van der Waals surface area contributed by atoms with Crippen molar-refractivity contribution in [2.24, 2.45) is 0 Å². The summed E-state index contributed by atoms with van der Waals surface area (Å²) in [5.74, 6) is -1.01. The molecule has 0 aliphatic rings. The van der Waals surface area contributed by atoms with Crippen molar-refractivity contribution >= 4 is 16.9 Å². The van der Waals surface area contributed by atoms with E-state index in [0.29, 0.717) is 11.1 Å². The normalized spacial score (nSPS) is 10.7. The molecule has 0 saturated heterocycles. The number of H-pyrrole nitrogens is 1. The first-order valence-corrected chi connectivity index (χ1v) is 6.53. The minimum atomic E-state index is -1.01. The van der Waals surface area contributed by atoms with E-state index in [1.807, 2.05) is 31.2 Å². The second-order valence-electron chi connectivity index (χ2n) is 4.89. The number of hydrogen-bond donors (Lipinski definition) is 2. The summed E-state index contributed by atoms with van der Waals surface area (Å²) in [6.45, 7) is 1.88. The average molecular weight is 279 g/mol. The van der Waals surface area contributed by atoms with Crippen molar-refractivity contribution in [2.45, 2.75) is 6.92 Å². The number of para-hydroxylation sites is 1. The Bertz CT molecular complexity index is 909. The highest BCUT2D eigenvalue weighted by atomic mass is 16.4. The van der Waals surface area contributed by atoms with Crippen molar-refractivity contribution in [3.63, 3.8) is 0 Å². The molecule has 0 bridgehead atoms. The van der Waals surface area contributed by atoms with Crippen LogP contribution in [0.4, 0.5) is 0 Å². The first kappa shape index (κ1) is 13.1. The standard InChI is InChI=1S/C17H13NO3/c1-10-13-7-2-3-8-14(13)18-16(19)15(10)11-5-4-6-12(9-11)17(20)21/h2-9H,1H3,(H,18,19)(H,20,21). The number of hydrogen-bond acceptors (Lipinski definition) is 2. The van der Waals surface area contributed by atoms with Crippen LogP contribution in [-0.4, -0.2) is 16.1 Å². The molecular formula is C17H13NO3. The molecule has 0 spiro atoms. The van der Waals surface area contributed by atoms with E-state index in [-0.39, 0.29) is 11.1 Å². The molecule has 0 atom stereocenters. The summed E-state index contributed by atoms with van der Waals surface area (Å²) in [7, 11) is 0. The molecule has 3 aromatic rings. The van der Waals surface area contributed by atoms with E-state index < -0.39 is 5.97 Å². The van der Waals surface area contributed by atoms with Gasteiger partial charge in [-0.2, -0.15) is 0 Å². The van der Waals surface area contributed by atoms with Gasteiger partial charge in [-0.1, -0.05) is 30.3 Å². The molecule has 0 fully saturated rings. The molecule has 4 nitrogen and oxygen atoms in total. The highest BCUT2D eigenvalue weighted by Gasteiger charge is 2.12. The van der Waals surface area contributed by atoms with Gasteiger partial charge in [0.15, 0.2) is 0 Å². The molecule has 2 aromatic carbocycles. The molecule has 4 heteroatoms. The smallest absolute Gasteiger partial charge is 0.335 e. The molecule has 0 aliphatic heterocycles. The molecule has 3 rings (SSSR count). The number of carboxylic acid groups (broad SMARTS) is 1. The van der Waals surface area contributed by atoms with Crippen LogP contribution >= 0.6 is 0 Å². The van der Waals surface area contributed by atoms with Gasteiger partial charge in [0.25, 0.3) is 5.56 Å². The van der Waals surface area contributed by atoms with E-state index in [4.69, 9.17) is 5.11 Å². The van der Waals surface area contributed by atoms with Crippen LogP contribution in [0, 0.1) is 6.92 Å². The van der Waals surface area contributed by atoms with Gasteiger partial charge in [-0.25, -0.2) is 4.79 Å². The Labute approximate surface area is 120 Å². The Morgan fingerprint density at radius 2 is 1.86 bits per heavy atom. The minimum Gasteiger partial charge on any atom is -0.478 e. The third-order valence-corrected chi connectivity index (χ3v) is 3.58. The zero-order valence-corrected chi connectivity index (χ0v) is 11.4. The third-order valence-electron chi connectivity index (χ3n) is 3.58. The Morgan fingerprint density at radius 3 is 2.62 bits per heavy atom. The van der Waals surface area contributed by atoms with E-state index in [9.17, 15) is 9.59 Å². The zero-order valence-electron chi connectivity index (χ0n) is 11.4. The van der Waals surface area contributed by atoms with Crippen molar-refractivity contribution in [1.29, 1.82) is 0 Å². The van der Waals surface area contributed by atoms with Crippen LogP contribution < -0.4 is 5.56 Å². The quantitative estimate of drug-likeness (QED) is 0.756. The van der Waals surface area contributed by atoms with Crippen molar-refractivity contribution in [3.05, 3.63) is 70.0 Å². The lowest BCUT2D eigenvalue weighted by Crippen LogP contribution is -2.11. The third kappa shape index (κ3) is 2.21. The van der Waals surface area contributed by atoms with Gasteiger partial charge in [-0.15, -0.1) is 0 Å². The number of carbonyl (C=O) groups is 1. The van der Waals surface area contributed by atoms with Gasteiger partial charge in [0.1, 0.15) is 0 Å². The van der Waals surface area contributed by atoms with E-state index in [1.165, 1.54) is 12.1 Å². The van der Waals surface area contributed by atoms with Crippen LogP contribution in [0.2, 0.25) is 0 Å². The summed E-state index contributed by atoms with van der Waals surface area (Å²) in [5.41, 5.74) is 2.69. The van der Waals surface area contributed by atoms with Crippen LogP contribution in [0.3, 0.4) is 0 Å². The van der Waals surface area contributed by atoms with E-state index in [0.717, 1.165) is 16.5 Å². The van der Waals surface area contributed by atoms with Crippen molar-refractivity contribution in [1.82, 2.24) is 4.98 Å². The van der Waals surface area contributed by atoms with E-state index in [1.54, 1.807) is 12.1 Å². The fourth-order valence-corrected chi connectivity index (χ4v) is 2.56. The summed E-state index contributed by atoms with van der Waals surface area (Å²) in [4.78, 5) is 26.3. The molecular weight excluding hydrogens is 266 g/mol. The molecule has 2 N–H and O–H groups in total. The molecule has 104 valence electrons. The van der Waals surface area contributed by atoms with Crippen LogP contribution in [0.5, 0.6) is 0 Å². The van der Waals surface area contributed by atoms with Crippen LogP contribution in [0.1, 0.15) is 15.9 Å². The van der Waals surface area contributed by atoms with Crippen molar-refractivity contribution < 1.29 is 9.90 Å². The number of nitrogens with one attached hydrogen (secondary N) is 1. The fourth-order valence-electron chi connectivity index (χ4n) is 2.56. The molecule has 0 amide bonds. The second-order valence-corrected chi connectivity index (χ2v) is 4.89. The number of aromatic carboxylic acids is 1. The minimum absolute atomic E-state index is 0.166. The van der Waals surface area contributed by atoms with Crippen LogP contribution in [0.15, 0.2) is 53.3 Å². The predicted octanol–water partition coefficient (Wildman–Crippen LogP) is 3.20. The first-order valence-electron chi connectivity index (χ1n) is 6.53. The molecule has 0 unspecified atom stereocenters. The summed E-state index contributed by atoms with van der Waals surface area (Å²) in [6, 6.07) is 14.0. The van der Waals surface area contributed by atoms with E-state index in [2.05, 4.69) is 4.98 Å². The number of rotatable bonds is 2. The maximum atomic E-state index is 12.3. The summed E-state index contributed by atoms with van der Waals surface area (Å²) >= 11 is 0. The van der Waals surface area contributed by atoms with Gasteiger partial charge in [0, 0.05) is 10.9 Å². The highest BCUT2D eigenvalue weighted by molar-refractivity contribution is 5.92. The number of carboxylic acids is 1. The Kier molecular flexibility index (Phi) is 3.06. The van der Waals surface area contributed by atoms with Crippen molar-refractivity contribution in [2.75, 3.05) is 0 Å². The topological polar surface area (TPSA) is 70.2 Å². The van der Waals surface area contributed by atoms with Gasteiger partial charge in [-0.05, 0) is 36.2 Å². The molecule has 21 heavy (non-hydrogen) atoms. The van der Waals surface area contributed by atoms with Crippen LogP contribution in [0.25, 0.3) is 22.0 Å². The second kappa shape index (κ2) is 4.90. The summed E-state index contributed by atoms with van der Waals surface area (Å²) in [5, 5.41) is 10.0. The zero-order chi connectivity index (χ0) is 15.0. The SMILES string of the molecule is Cc1c(-c2cccc(C(=O)O)c2)c(=O)[nH]c2ccccc12. The Balaban J connectivity index is 2.32. The lowest BCUT2D eigenvalue weighted by molar-refractivity contribution is 0.0697. The number of fused-ring (bicyclic) bond motifs is 1. The number of aromatic amines is 1. The lowest BCUT2D eigenvalue weighted by Gasteiger charge is -2.09. The van der Waals surface area contributed by atoms with Gasteiger partial charge >= 0.3 is 5.97 Å². The van der Waals surface area contributed by atoms with Gasteiger partial charge in [0.05, 0.1) is 11.1 Å². The maximum absolute atomic E-state index is 12.3. The molecule has 1 heterocycles. The van der Waals surface area contributed by atoms with Gasteiger partial charge < -0.3 is 10.1 Å².